The molecule has 5 heteroatoms. The number of aromatic nitrogens is 2. The number of nitrogens with one attached hydrogen (secondary N) is 1. The van der Waals surface area contributed by atoms with Crippen LogP contribution in [0.4, 0.5) is 17.5 Å². The van der Waals surface area contributed by atoms with E-state index in [1.165, 1.54) is 0 Å². The minimum absolute atomic E-state index is 0.328. The minimum atomic E-state index is 0.328. The molecule has 0 fully saturated rings. The van der Waals surface area contributed by atoms with Gasteiger partial charge in [-0.2, -0.15) is 4.98 Å². The van der Waals surface area contributed by atoms with Gasteiger partial charge in [0, 0.05) is 7.05 Å². The molecule has 0 aromatic carbocycles. The Hall–Kier alpha value is -1.52. The SMILES string of the molecule is CC.Cc1nc(N)nc2c1N(C)CN2. The summed E-state index contributed by atoms with van der Waals surface area (Å²) in [6.07, 6.45) is 0. The third kappa shape index (κ3) is 1.71. The lowest BCUT2D eigenvalue weighted by atomic mass is 10.3. The second kappa shape index (κ2) is 4.13. The fourth-order valence-corrected chi connectivity index (χ4v) is 1.44. The first-order valence-electron chi connectivity index (χ1n) is 4.77. The molecule has 1 aliphatic heterocycles. The molecule has 0 amide bonds. The Morgan fingerprint density at radius 2 is 2.00 bits per heavy atom. The van der Waals surface area contributed by atoms with Crippen LogP contribution in [0.3, 0.4) is 0 Å². The molecule has 1 aromatic heterocycles. The zero-order valence-corrected chi connectivity index (χ0v) is 9.13. The normalized spacial score (nSPS) is 12.7. The zero-order valence-electron chi connectivity index (χ0n) is 9.13. The summed E-state index contributed by atoms with van der Waals surface area (Å²) in [4.78, 5) is 10.2. The molecule has 1 aromatic rings. The number of rotatable bonds is 0. The Kier molecular flexibility index (Phi) is 3.11. The molecule has 0 saturated heterocycles. The van der Waals surface area contributed by atoms with Crippen molar-refractivity contribution >= 4 is 17.5 Å². The summed E-state index contributed by atoms with van der Waals surface area (Å²) >= 11 is 0. The van der Waals surface area contributed by atoms with E-state index >= 15 is 0 Å². The van der Waals surface area contributed by atoms with E-state index in [1.54, 1.807) is 0 Å². The van der Waals surface area contributed by atoms with Crippen LogP contribution in [0.2, 0.25) is 0 Å². The lowest BCUT2D eigenvalue weighted by molar-refractivity contribution is 1.02. The average Bonchev–Trinajstić information content (AvgIpc) is 2.51. The number of fused-ring (bicyclic) bond motifs is 1. The van der Waals surface area contributed by atoms with E-state index in [0.717, 1.165) is 23.9 Å². The van der Waals surface area contributed by atoms with Crippen molar-refractivity contribution in [1.82, 2.24) is 9.97 Å². The highest BCUT2D eigenvalue weighted by Gasteiger charge is 2.19. The molecule has 2 rings (SSSR count). The molecule has 0 bridgehead atoms. The molecule has 3 N–H and O–H groups in total. The second-order valence-electron chi connectivity index (χ2n) is 2.90. The van der Waals surface area contributed by atoms with E-state index in [4.69, 9.17) is 5.73 Å². The number of nitrogen functional groups attached to an aromatic ring is 1. The Balaban J connectivity index is 0.000000461. The van der Waals surface area contributed by atoms with Crippen molar-refractivity contribution in [2.24, 2.45) is 0 Å². The summed E-state index contributed by atoms with van der Waals surface area (Å²) in [6.45, 7) is 6.70. The van der Waals surface area contributed by atoms with Gasteiger partial charge >= 0.3 is 0 Å². The average molecular weight is 195 g/mol. The summed E-state index contributed by atoms with van der Waals surface area (Å²) in [5.74, 6) is 1.16. The lowest BCUT2D eigenvalue weighted by Crippen LogP contribution is -2.16. The van der Waals surface area contributed by atoms with Gasteiger partial charge in [0.1, 0.15) is 5.69 Å². The molecular weight excluding hydrogens is 178 g/mol. The Morgan fingerprint density at radius 1 is 1.36 bits per heavy atom. The molecule has 0 saturated carbocycles. The predicted octanol–water partition coefficient (Wildman–Crippen LogP) is 1.21. The molecule has 0 unspecified atom stereocenters. The van der Waals surface area contributed by atoms with Gasteiger partial charge in [-0.3, -0.25) is 0 Å². The third-order valence-corrected chi connectivity index (χ3v) is 1.94. The van der Waals surface area contributed by atoms with Crippen LogP contribution in [0, 0.1) is 6.92 Å². The number of anilines is 3. The van der Waals surface area contributed by atoms with Crippen LogP contribution in [0.1, 0.15) is 19.5 Å². The largest absolute Gasteiger partial charge is 0.368 e. The van der Waals surface area contributed by atoms with Gasteiger partial charge in [-0.05, 0) is 6.92 Å². The third-order valence-electron chi connectivity index (χ3n) is 1.94. The van der Waals surface area contributed by atoms with Gasteiger partial charge in [-0.1, -0.05) is 13.8 Å². The van der Waals surface area contributed by atoms with E-state index in [1.807, 2.05) is 27.8 Å². The fraction of sp³-hybridized carbons (Fsp3) is 0.556. The van der Waals surface area contributed by atoms with E-state index in [2.05, 4.69) is 20.2 Å². The Morgan fingerprint density at radius 3 is 2.64 bits per heavy atom. The van der Waals surface area contributed by atoms with Gasteiger partial charge in [-0.25, -0.2) is 4.98 Å². The summed E-state index contributed by atoms with van der Waals surface area (Å²) < 4.78 is 0. The van der Waals surface area contributed by atoms with E-state index in [0.29, 0.717) is 5.95 Å². The highest BCUT2D eigenvalue weighted by atomic mass is 15.3. The van der Waals surface area contributed by atoms with E-state index in [9.17, 15) is 0 Å². The lowest BCUT2D eigenvalue weighted by Gasteiger charge is -2.11. The molecule has 1 aliphatic rings. The van der Waals surface area contributed by atoms with Gasteiger partial charge in [0.2, 0.25) is 5.95 Å². The van der Waals surface area contributed by atoms with Crippen molar-refractivity contribution in [3.8, 4) is 0 Å². The zero-order chi connectivity index (χ0) is 10.7. The molecule has 0 atom stereocenters. The van der Waals surface area contributed by atoms with E-state index < -0.39 is 0 Å². The summed E-state index contributed by atoms with van der Waals surface area (Å²) in [5, 5.41) is 3.13. The van der Waals surface area contributed by atoms with Crippen molar-refractivity contribution in [3.05, 3.63) is 5.69 Å². The van der Waals surface area contributed by atoms with Crippen LogP contribution in [0.15, 0.2) is 0 Å². The minimum Gasteiger partial charge on any atom is -0.368 e. The molecule has 78 valence electrons. The quantitative estimate of drug-likeness (QED) is 0.651. The smallest absolute Gasteiger partial charge is 0.222 e. The first kappa shape index (κ1) is 10.6. The maximum Gasteiger partial charge on any atom is 0.222 e. The van der Waals surface area contributed by atoms with Gasteiger partial charge in [0.15, 0.2) is 5.82 Å². The topological polar surface area (TPSA) is 67.1 Å². The molecule has 5 nitrogen and oxygen atoms in total. The Labute approximate surface area is 84.3 Å². The van der Waals surface area contributed by atoms with Gasteiger partial charge in [0.05, 0.1) is 12.4 Å². The summed E-state index contributed by atoms with van der Waals surface area (Å²) in [6, 6.07) is 0. The molecule has 0 spiro atoms. The molecule has 0 radical (unpaired) electrons. The van der Waals surface area contributed by atoms with Crippen LogP contribution >= 0.6 is 0 Å². The van der Waals surface area contributed by atoms with Crippen molar-refractivity contribution in [2.45, 2.75) is 20.8 Å². The fourth-order valence-electron chi connectivity index (χ4n) is 1.44. The van der Waals surface area contributed by atoms with Crippen LogP contribution in [0.5, 0.6) is 0 Å². The molecule has 0 aliphatic carbocycles. The first-order valence-corrected chi connectivity index (χ1v) is 4.77. The maximum atomic E-state index is 5.50. The summed E-state index contributed by atoms with van der Waals surface area (Å²) in [7, 11) is 1.99. The van der Waals surface area contributed by atoms with Crippen LogP contribution in [0.25, 0.3) is 0 Å². The van der Waals surface area contributed by atoms with Crippen molar-refractivity contribution in [2.75, 3.05) is 29.7 Å². The monoisotopic (exact) mass is 195 g/mol. The number of aryl methyl sites for hydroxylation is 1. The van der Waals surface area contributed by atoms with Crippen molar-refractivity contribution in [1.29, 1.82) is 0 Å². The van der Waals surface area contributed by atoms with Gasteiger partial charge < -0.3 is 16.0 Å². The predicted molar refractivity (Wildman–Crippen MR) is 59.4 cm³/mol. The molecular formula is C9H17N5. The van der Waals surface area contributed by atoms with Crippen molar-refractivity contribution < 1.29 is 0 Å². The Bertz CT molecular complexity index is 323. The van der Waals surface area contributed by atoms with Gasteiger partial charge in [-0.15, -0.1) is 0 Å². The number of hydrogen-bond acceptors (Lipinski definition) is 5. The standard InChI is InChI=1S/C7H11N5.C2H6/c1-4-5-6(9-3-12(5)2)11-7(8)10-4;1-2/h3H2,1-2H3,(H3,8,9,10,11);1-2H3. The second-order valence-corrected chi connectivity index (χ2v) is 2.90. The van der Waals surface area contributed by atoms with Crippen molar-refractivity contribution in [3.63, 3.8) is 0 Å². The molecule has 14 heavy (non-hydrogen) atoms. The highest BCUT2D eigenvalue weighted by Crippen LogP contribution is 2.30. The van der Waals surface area contributed by atoms with Crippen LogP contribution in [-0.2, 0) is 0 Å². The number of hydrogen-bond donors (Lipinski definition) is 2. The maximum absolute atomic E-state index is 5.50. The molecule has 2 heterocycles. The van der Waals surface area contributed by atoms with Crippen LogP contribution in [-0.4, -0.2) is 23.7 Å². The summed E-state index contributed by atoms with van der Waals surface area (Å²) in [5.41, 5.74) is 7.46. The van der Waals surface area contributed by atoms with E-state index in [-0.39, 0.29) is 0 Å². The van der Waals surface area contributed by atoms with Crippen LogP contribution < -0.4 is 16.0 Å². The first-order chi connectivity index (χ1) is 6.68. The number of nitrogens with two attached hydrogens (primary N) is 1. The highest BCUT2D eigenvalue weighted by molar-refractivity contribution is 5.73. The van der Waals surface area contributed by atoms with Gasteiger partial charge in [0.25, 0.3) is 0 Å². The number of nitrogens with zero attached hydrogens (tertiary/aromatic N) is 3.